The van der Waals surface area contributed by atoms with Crippen LogP contribution >= 0.6 is 0 Å². The summed E-state index contributed by atoms with van der Waals surface area (Å²) in [5.74, 6) is -0.530. The van der Waals surface area contributed by atoms with Gasteiger partial charge in [-0.2, -0.15) is 5.10 Å². The first-order chi connectivity index (χ1) is 13.1. The van der Waals surface area contributed by atoms with Crippen LogP contribution in [0.3, 0.4) is 0 Å². The lowest BCUT2D eigenvalue weighted by Gasteiger charge is -2.11. The van der Waals surface area contributed by atoms with E-state index in [4.69, 9.17) is 0 Å². The second-order valence-corrected chi connectivity index (χ2v) is 8.26. The van der Waals surface area contributed by atoms with E-state index in [1.54, 1.807) is 27.0 Å². The van der Waals surface area contributed by atoms with Gasteiger partial charge in [-0.3, -0.25) is 14.9 Å². The highest BCUT2D eigenvalue weighted by atomic mass is 32.2. The smallest absolute Gasteiger partial charge is 0.268 e. The van der Waals surface area contributed by atoms with E-state index in [1.165, 1.54) is 4.68 Å². The number of aryl methyl sites for hydroxylation is 3. The predicted octanol–water partition coefficient (Wildman–Crippen LogP) is 2.07. The number of carbonyl (C=O) groups excluding carboxylic acids is 1. The van der Waals surface area contributed by atoms with Gasteiger partial charge in [0.15, 0.2) is 0 Å². The van der Waals surface area contributed by atoms with E-state index in [0.29, 0.717) is 22.6 Å². The molecular formula is C19H23N5O3S. The number of amides is 1. The van der Waals surface area contributed by atoms with Crippen LogP contribution < -0.4 is 10.3 Å². The molecule has 0 fully saturated rings. The average Bonchev–Trinajstić information content (AvgIpc) is 3.08. The monoisotopic (exact) mass is 401 g/mol. The number of aromatic nitrogens is 3. The molecule has 0 bridgehead atoms. The van der Waals surface area contributed by atoms with Crippen molar-refractivity contribution in [1.82, 2.24) is 24.6 Å². The van der Waals surface area contributed by atoms with Crippen LogP contribution in [0.5, 0.6) is 0 Å². The molecule has 9 heteroatoms. The second-order valence-electron chi connectivity index (χ2n) is 6.64. The zero-order valence-electron chi connectivity index (χ0n) is 16.4. The van der Waals surface area contributed by atoms with Crippen LogP contribution in [0, 0.1) is 27.7 Å². The molecule has 3 rings (SSSR count). The lowest BCUT2D eigenvalue weighted by Crippen LogP contribution is -2.42. The predicted molar refractivity (Wildman–Crippen MR) is 106 cm³/mol. The first-order valence-electron chi connectivity index (χ1n) is 8.70. The summed E-state index contributed by atoms with van der Waals surface area (Å²) in [7, 11) is -2.28. The number of hydrazine groups is 1. The molecular weight excluding hydrogens is 378 g/mol. The Hall–Kier alpha value is -2.91. The first-order valence-corrected chi connectivity index (χ1v) is 10.2. The summed E-state index contributed by atoms with van der Waals surface area (Å²) in [6.07, 6.45) is 0. The molecule has 0 aliphatic heterocycles. The molecule has 0 radical (unpaired) electrons. The van der Waals surface area contributed by atoms with Crippen molar-refractivity contribution in [2.24, 2.45) is 7.05 Å². The maximum absolute atomic E-state index is 12.6. The van der Waals surface area contributed by atoms with Crippen LogP contribution in [0.1, 0.15) is 33.1 Å². The number of sulfonamides is 1. The van der Waals surface area contributed by atoms with Crippen molar-refractivity contribution in [3.05, 3.63) is 64.7 Å². The Bertz CT molecular complexity index is 1140. The molecule has 2 heterocycles. The van der Waals surface area contributed by atoms with Gasteiger partial charge in [0.05, 0.1) is 17.0 Å². The van der Waals surface area contributed by atoms with Crippen molar-refractivity contribution in [3.8, 4) is 5.69 Å². The maximum atomic E-state index is 12.6. The summed E-state index contributed by atoms with van der Waals surface area (Å²) < 4.78 is 28.7. The van der Waals surface area contributed by atoms with Crippen LogP contribution in [0.15, 0.2) is 41.3 Å². The van der Waals surface area contributed by atoms with Crippen molar-refractivity contribution in [3.63, 3.8) is 0 Å². The maximum Gasteiger partial charge on any atom is 0.268 e. The van der Waals surface area contributed by atoms with Gasteiger partial charge in [-0.05, 0) is 45.9 Å². The highest BCUT2D eigenvalue weighted by Crippen LogP contribution is 2.21. The largest absolute Gasteiger partial charge is 0.318 e. The van der Waals surface area contributed by atoms with E-state index in [2.05, 4.69) is 15.4 Å². The number of nitrogens with one attached hydrogen (secondary N) is 2. The zero-order chi connectivity index (χ0) is 20.6. The quantitative estimate of drug-likeness (QED) is 0.640. The van der Waals surface area contributed by atoms with Crippen molar-refractivity contribution >= 4 is 15.9 Å². The molecule has 148 valence electrons. The van der Waals surface area contributed by atoms with Crippen LogP contribution in [0.2, 0.25) is 0 Å². The normalized spacial score (nSPS) is 11.6. The minimum absolute atomic E-state index is 0.0602. The van der Waals surface area contributed by atoms with Gasteiger partial charge in [0.2, 0.25) is 0 Å². The number of hydrogen-bond donors (Lipinski definition) is 2. The molecule has 0 aliphatic rings. The molecule has 0 saturated heterocycles. The molecule has 0 unspecified atom stereocenters. The van der Waals surface area contributed by atoms with E-state index in [9.17, 15) is 13.2 Å². The molecule has 0 saturated carbocycles. The molecule has 2 N–H and O–H groups in total. The third kappa shape index (κ3) is 3.46. The molecule has 0 atom stereocenters. The summed E-state index contributed by atoms with van der Waals surface area (Å²) in [6, 6.07) is 11.4. The average molecular weight is 401 g/mol. The van der Waals surface area contributed by atoms with Gasteiger partial charge in [-0.1, -0.05) is 18.2 Å². The number of nitrogens with zero attached hydrogens (tertiary/aromatic N) is 3. The van der Waals surface area contributed by atoms with Gasteiger partial charge < -0.3 is 4.57 Å². The summed E-state index contributed by atoms with van der Waals surface area (Å²) in [5, 5.41) is 4.11. The molecule has 0 aliphatic carbocycles. The van der Waals surface area contributed by atoms with Gasteiger partial charge in [-0.15, -0.1) is 4.83 Å². The van der Waals surface area contributed by atoms with Crippen LogP contribution in [-0.2, 0) is 17.1 Å². The first kappa shape index (κ1) is 19.8. The molecule has 28 heavy (non-hydrogen) atoms. The number of hydrogen-bond acceptors (Lipinski definition) is 4. The Morgan fingerprint density at radius 2 is 1.68 bits per heavy atom. The topological polar surface area (TPSA) is 98.0 Å². The van der Waals surface area contributed by atoms with Crippen molar-refractivity contribution in [2.75, 3.05) is 0 Å². The third-order valence-electron chi connectivity index (χ3n) is 4.70. The van der Waals surface area contributed by atoms with Gasteiger partial charge >= 0.3 is 0 Å². The highest BCUT2D eigenvalue weighted by Gasteiger charge is 2.25. The fourth-order valence-corrected chi connectivity index (χ4v) is 4.62. The van der Waals surface area contributed by atoms with Gasteiger partial charge in [0.25, 0.3) is 15.9 Å². The summed E-state index contributed by atoms with van der Waals surface area (Å²) in [4.78, 5) is 14.9. The standard InChI is InChI=1S/C19H23N5O3S/c1-12-11-17(14(3)24(12)16-9-7-6-8-10-16)19(25)20-22-28(26,27)18-13(2)21-23(5)15(18)4/h6-11,22H,1-5H3,(H,20,25). The van der Waals surface area contributed by atoms with Crippen molar-refractivity contribution < 1.29 is 13.2 Å². The minimum atomic E-state index is -3.94. The Balaban J connectivity index is 1.85. The Labute approximate surface area is 164 Å². The second kappa shape index (κ2) is 7.25. The fraction of sp³-hybridized carbons (Fsp3) is 0.263. The van der Waals surface area contributed by atoms with Crippen molar-refractivity contribution in [2.45, 2.75) is 32.6 Å². The Morgan fingerprint density at radius 3 is 2.25 bits per heavy atom. The van der Waals surface area contributed by atoms with Crippen LogP contribution in [0.25, 0.3) is 5.69 Å². The molecule has 1 aromatic carbocycles. The zero-order valence-corrected chi connectivity index (χ0v) is 17.3. The Morgan fingerprint density at radius 1 is 1.04 bits per heavy atom. The van der Waals surface area contributed by atoms with E-state index >= 15 is 0 Å². The number of carbonyl (C=O) groups is 1. The fourth-order valence-electron chi connectivity index (χ4n) is 3.34. The summed E-state index contributed by atoms with van der Waals surface area (Å²) in [6.45, 7) is 6.98. The van der Waals surface area contributed by atoms with Crippen LogP contribution in [0.4, 0.5) is 0 Å². The molecule has 3 aromatic rings. The van der Waals surface area contributed by atoms with Gasteiger partial charge in [-0.25, -0.2) is 8.42 Å². The van der Waals surface area contributed by atoms with Crippen LogP contribution in [-0.4, -0.2) is 28.7 Å². The lowest BCUT2D eigenvalue weighted by atomic mass is 10.2. The van der Waals surface area contributed by atoms with Crippen molar-refractivity contribution in [1.29, 1.82) is 0 Å². The number of rotatable bonds is 5. The van der Waals surface area contributed by atoms with E-state index < -0.39 is 15.9 Å². The molecule has 1 amide bonds. The summed E-state index contributed by atoms with van der Waals surface area (Å²) in [5.41, 5.74) is 6.07. The third-order valence-corrected chi connectivity index (χ3v) is 6.20. The Kier molecular flexibility index (Phi) is 5.14. The SMILES string of the molecule is Cc1nn(C)c(C)c1S(=O)(=O)NNC(=O)c1cc(C)n(-c2ccccc2)c1C. The van der Waals surface area contributed by atoms with E-state index in [0.717, 1.165) is 11.4 Å². The molecule has 0 spiro atoms. The van der Waals surface area contributed by atoms with Gasteiger partial charge in [0, 0.05) is 24.1 Å². The highest BCUT2D eigenvalue weighted by molar-refractivity contribution is 7.89. The van der Waals surface area contributed by atoms with E-state index in [-0.39, 0.29) is 4.90 Å². The lowest BCUT2D eigenvalue weighted by molar-refractivity contribution is 0.0944. The minimum Gasteiger partial charge on any atom is -0.318 e. The molecule has 8 nitrogen and oxygen atoms in total. The number of benzene rings is 1. The molecule has 2 aromatic heterocycles. The van der Waals surface area contributed by atoms with Gasteiger partial charge in [0.1, 0.15) is 4.90 Å². The summed E-state index contributed by atoms with van der Waals surface area (Å²) >= 11 is 0. The van der Waals surface area contributed by atoms with E-state index in [1.807, 2.05) is 48.7 Å². The number of para-hydroxylation sites is 1.